The molecule has 6 nitrogen and oxygen atoms in total. The van der Waals surface area contributed by atoms with E-state index in [4.69, 9.17) is 4.74 Å². The van der Waals surface area contributed by atoms with Crippen molar-refractivity contribution in [2.75, 3.05) is 25.5 Å². The molecule has 26 heavy (non-hydrogen) atoms. The number of sulfonamides is 1. The molecule has 0 bridgehead atoms. The maximum atomic E-state index is 13.0. The van der Waals surface area contributed by atoms with Gasteiger partial charge in [0.05, 0.1) is 13.0 Å². The zero-order chi connectivity index (χ0) is 18.6. The van der Waals surface area contributed by atoms with Gasteiger partial charge in [-0.2, -0.15) is 4.31 Å². The molecule has 1 saturated heterocycles. The molecule has 1 amide bonds. The van der Waals surface area contributed by atoms with E-state index < -0.39 is 10.0 Å². The quantitative estimate of drug-likeness (QED) is 0.873. The van der Waals surface area contributed by atoms with Gasteiger partial charge in [-0.1, -0.05) is 30.3 Å². The average Bonchev–Trinajstić information content (AvgIpc) is 2.68. The molecule has 0 aliphatic carbocycles. The number of anilines is 1. The van der Waals surface area contributed by atoms with Gasteiger partial charge in [-0.05, 0) is 37.1 Å². The number of nitrogens with zero attached hydrogens (tertiary/aromatic N) is 1. The number of carbonyl (C=O) groups is 1. The van der Waals surface area contributed by atoms with E-state index in [-0.39, 0.29) is 23.3 Å². The highest BCUT2D eigenvalue weighted by Crippen LogP contribution is 2.29. The molecule has 3 rings (SSSR count). The van der Waals surface area contributed by atoms with Crippen molar-refractivity contribution in [3.63, 3.8) is 0 Å². The van der Waals surface area contributed by atoms with E-state index >= 15 is 0 Å². The molecule has 1 aliphatic rings. The summed E-state index contributed by atoms with van der Waals surface area (Å²) in [5, 5.41) is 2.86. The van der Waals surface area contributed by atoms with Crippen LogP contribution < -0.4 is 10.1 Å². The lowest BCUT2D eigenvalue weighted by Gasteiger charge is -2.31. The van der Waals surface area contributed by atoms with Crippen molar-refractivity contribution in [3.8, 4) is 5.75 Å². The fourth-order valence-corrected chi connectivity index (χ4v) is 4.79. The highest BCUT2D eigenvalue weighted by atomic mass is 32.2. The largest absolute Gasteiger partial charge is 0.495 e. The van der Waals surface area contributed by atoms with Crippen LogP contribution in [0, 0.1) is 5.92 Å². The molecular formula is C19H22N2O4S. The van der Waals surface area contributed by atoms with Crippen molar-refractivity contribution >= 4 is 21.6 Å². The van der Waals surface area contributed by atoms with Gasteiger partial charge in [-0.25, -0.2) is 8.42 Å². The number of rotatable bonds is 5. The average molecular weight is 374 g/mol. The number of para-hydroxylation sites is 2. The first-order valence-corrected chi connectivity index (χ1v) is 9.95. The number of nitrogens with one attached hydrogen (secondary N) is 1. The zero-order valence-electron chi connectivity index (χ0n) is 14.6. The van der Waals surface area contributed by atoms with E-state index in [1.54, 1.807) is 18.2 Å². The first-order chi connectivity index (χ1) is 12.5. The van der Waals surface area contributed by atoms with Gasteiger partial charge in [-0.3, -0.25) is 4.79 Å². The fraction of sp³-hybridized carbons (Fsp3) is 0.316. The predicted molar refractivity (Wildman–Crippen MR) is 99.5 cm³/mol. The lowest BCUT2D eigenvalue weighted by Crippen LogP contribution is -2.43. The maximum absolute atomic E-state index is 13.0. The highest BCUT2D eigenvalue weighted by Gasteiger charge is 2.34. The number of benzene rings is 2. The van der Waals surface area contributed by atoms with Crippen LogP contribution in [-0.2, 0) is 14.8 Å². The summed E-state index contributed by atoms with van der Waals surface area (Å²) in [6.07, 6.45) is 1.30. The summed E-state index contributed by atoms with van der Waals surface area (Å²) in [4.78, 5) is 12.7. The van der Waals surface area contributed by atoms with E-state index in [2.05, 4.69) is 5.32 Å². The molecule has 1 N–H and O–H groups in total. The van der Waals surface area contributed by atoms with Crippen LogP contribution in [0.4, 0.5) is 5.69 Å². The standard InChI is InChI=1S/C19H22N2O4S/c1-25-17-11-5-6-12-18(17)26(23,24)21-13-7-8-15(14-21)19(22)20-16-9-3-2-4-10-16/h2-6,9-12,15H,7-8,13-14H2,1H3,(H,20,22). The number of hydrogen-bond donors (Lipinski definition) is 1. The minimum Gasteiger partial charge on any atom is -0.495 e. The van der Waals surface area contributed by atoms with Gasteiger partial charge in [0.15, 0.2) is 0 Å². The molecule has 2 aromatic carbocycles. The first-order valence-electron chi connectivity index (χ1n) is 8.51. The number of methoxy groups -OCH3 is 1. The Balaban J connectivity index is 1.76. The first kappa shape index (κ1) is 18.4. The maximum Gasteiger partial charge on any atom is 0.246 e. The van der Waals surface area contributed by atoms with Crippen molar-refractivity contribution in [2.45, 2.75) is 17.7 Å². The van der Waals surface area contributed by atoms with Crippen molar-refractivity contribution in [2.24, 2.45) is 5.92 Å². The molecule has 1 heterocycles. The molecule has 7 heteroatoms. The van der Waals surface area contributed by atoms with Crippen molar-refractivity contribution < 1.29 is 17.9 Å². The predicted octanol–water partition coefficient (Wildman–Crippen LogP) is 2.73. The van der Waals surface area contributed by atoms with E-state index in [0.717, 1.165) is 0 Å². The van der Waals surface area contributed by atoms with Crippen LogP contribution in [0.25, 0.3) is 0 Å². The minimum absolute atomic E-state index is 0.131. The second kappa shape index (κ2) is 7.88. The van der Waals surface area contributed by atoms with Crippen LogP contribution in [0.1, 0.15) is 12.8 Å². The Kier molecular flexibility index (Phi) is 5.58. The van der Waals surface area contributed by atoms with Gasteiger partial charge in [-0.15, -0.1) is 0 Å². The highest BCUT2D eigenvalue weighted by molar-refractivity contribution is 7.89. The Bertz CT molecular complexity index is 868. The summed E-state index contributed by atoms with van der Waals surface area (Å²) < 4.78 is 32.6. The lowest BCUT2D eigenvalue weighted by molar-refractivity contribution is -0.120. The third kappa shape index (κ3) is 3.89. The monoisotopic (exact) mass is 374 g/mol. The van der Waals surface area contributed by atoms with Gasteiger partial charge < -0.3 is 10.1 Å². The van der Waals surface area contributed by atoms with Crippen molar-refractivity contribution in [1.29, 1.82) is 0 Å². The molecule has 1 atom stereocenters. The van der Waals surface area contributed by atoms with E-state index in [0.29, 0.717) is 30.8 Å². The van der Waals surface area contributed by atoms with Crippen molar-refractivity contribution in [1.82, 2.24) is 4.31 Å². The number of carbonyl (C=O) groups excluding carboxylic acids is 1. The zero-order valence-corrected chi connectivity index (χ0v) is 15.4. The van der Waals surface area contributed by atoms with Gasteiger partial charge in [0.1, 0.15) is 10.6 Å². The molecule has 0 spiro atoms. The number of amides is 1. The Morgan fingerprint density at radius 3 is 2.54 bits per heavy atom. The molecule has 1 fully saturated rings. The van der Waals surface area contributed by atoms with Gasteiger partial charge in [0.25, 0.3) is 0 Å². The van der Waals surface area contributed by atoms with Crippen LogP contribution in [0.5, 0.6) is 5.75 Å². The molecule has 1 aliphatic heterocycles. The molecule has 1 unspecified atom stereocenters. The SMILES string of the molecule is COc1ccccc1S(=O)(=O)N1CCCC(C(=O)Nc2ccccc2)C1. The second-order valence-corrected chi connectivity index (χ2v) is 8.11. The molecular weight excluding hydrogens is 352 g/mol. The lowest BCUT2D eigenvalue weighted by atomic mass is 9.99. The molecule has 0 aromatic heterocycles. The number of piperidine rings is 1. The Hall–Kier alpha value is -2.38. The molecule has 0 saturated carbocycles. The van der Waals surface area contributed by atoms with Gasteiger partial charge in [0.2, 0.25) is 15.9 Å². The van der Waals surface area contributed by atoms with Gasteiger partial charge >= 0.3 is 0 Å². The van der Waals surface area contributed by atoms with Crippen LogP contribution in [0.2, 0.25) is 0 Å². The smallest absolute Gasteiger partial charge is 0.246 e. The fourth-order valence-electron chi connectivity index (χ4n) is 3.11. The van der Waals surface area contributed by atoms with Crippen LogP contribution in [0.15, 0.2) is 59.5 Å². The molecule has 138 valence electrons. The van der Waals surface area contributed by atoms with Crippen molar-refractivity contribution in [3.05, 3.63) is 54.6 Å². The van der Waals surface area contributed by atoms with E-state index in [1.165, 1.54) is 17.5 Å². The minimum atomic E-state index is -3.72. The summed E-state index contributed by atoms with van der Waals surface area (Å²) in [7, 11) is -2.27. The summed E-state index contributed by atoms with van der Waals surface area (Å²) in [5.41, 5.74) is 0.710. The van der Waals surface area contributed by atoms with Crippen LogP contribution in [0.3, 0.4) is 0 Å². The third-order valence-corrected chi connectivity index (χ3v) is 6.39. The Labute approximate surface area is 153 Å². The van der Waals surface area contributed by atoms with E-state index in [9.17, 15) is 13.2 Å². The third-order valence-electron chi connectivity index (χ3n) is 4.48. The summed E-state index contributed by atoms with van der Waals surface area (Å²) in [5.74, 6) is -0.229. The number of ether oxygens (including phenoxy) is 1. The van der Waals surface area contributed by atoms with Gasteiger partial charge in [0, 0.05) is 18.8 Å². The molecule has 2 aromatic rings. The van der Waals surface area contributed by atoms with Crippen LogP contribution >= 0.6 is 0 Å². The summed E-state index contributed by atoms with van der Waals surface area (Å²) in [6, 6.07) is 15.7. The number of hydrogen-bond acceptors (Lipinski definition) is 4. The normalized spacial score (nSPS) is 18.3. The Morgan fingerprint density at radius 2 is 1.81 bits per heavy atom. The Morgan fingerprint density at radius 1 is 1.12 bits per heavy atom. The summed E-state index contributed by atoms with van der Waals surface area (Å²) in [6.45, 7) is 0.564. The topological polar surface area (TPSA) is 75.7 Å². The van der Waals surface area contributed by atoms with Crippen LogP contribution in [-0.4, -0.2) is 38.8 Å². The van der Waals surface area contributed by atoms with E-state index in [1.807, 2.05) is 30.3 Å². The summed E-state index contributed by atoms with van der Waals surface area (Å²) >= 11 is 0. The second-order valence-electron chi connectivity index (χ2n) is 6.21. The molecule has 0 radical (unpaired) electrons.